The summed E-state index contributed by atoms with van der Waals surface area (Å²) >= 11 is 0. The van der Waals surface area contributed by atoms with Crippen molar-refractivity contribution in [1.29, 1.82) is 0 Å². The van der Waals surface area contributed by atoms with Gasteiger partial charge in [0.1, 0.15) is 0 Å². The molecule has 2 heteroatoms. The number of aromatic nitrogens is 1. The lowest BCUT2D eigenvalue weighted by Crippen LogP contribution is -2.20. The van der Waals surface area contributed by atoms with Crippen molar-refractivity contribution in [2.24, 2.45) is 5.92 Å². The smallest absolute Gasteiger partial charge is 0.0547 e. The van der Waals surface area contributed by atoms with E-state index in [-0.39, 0.29) is 0 Å². The lowest BCUT2D eigenvalue weighted by Gasteiger charge is -2.14. The van der Waals surface area contributed by atoms with Crippen molar-refractivity contribution in [1.82, 2.24) is 9.88 Å². The normalized spacial score (nSPS) is 22.9. The molecule has 2 heterocycles. The minimum Gasteiger partial charge on any atom is -0.297 e. The van der Waals surface area contributed by atoms with Crippen LogP contribution in [0, 0.1) is 12.8 Å². The minimum absolute atomic E-state index is 0.861. The van der Waals surface area contributed by atoms with Gasteiger partial charge < -0.3 is 0 Å². The van der Waals surface area contributed by atoms with Gasteiger partial charge in [0.05, 0.1) is 5.69 Å². The maximum atomic E-state index is 4.52. The first-order valence-corrected chi connectivity index (χ1v) is 5.39. The van der Waals surface area contributed by atoms with Gasteiger partial charge in [-0.05, 0) is 37.9 Å². The Bertz CT molecular complexity index is 309. The second kappa shape index (κ2) is 4.09. The molecule has 1 saturated heterocycles. The minimum atomic E-state index is 0.861. The molecule has 2 rings (SSSR count). The highest BCUT2D eigenvalue weighted by molar-refractivity contribution is 5.09. The average molecular weight is 190 g/mol. The molecule has 0 radical (unpaired) electrons. The highest BCUT2D eigenvalue weighted by Gasteiger charge is 2.18. The molecular formula is C12H18N2. The van der Waals surface area contributed by atoms with Crippen LogP contribution in [0.5, 0.6) is 0 Å². The molecule has 0 N–H and O–H groups in total. The zero-order valence-electron chi connectivity index (χ0n) is 9.03. The van der Waals surface area contributed by atoms with E-state index >= 15 is 0 Å². The lowest BCUT2D eigenvalue weighted by molar-refractivity contribution is 0.316. The highest BCUT2D eigenvalue weighted by atomic mass is 15.1. The van der Waals surface area contributed by atoms with E-state index in [0.29, 0.717) is 0 Å². The number of hydrogen-bond acceptors (Lipinski definition) is 2. The maximum Gasteiger partial charge on any atom is 0.0547 e. The number of nitrogens with zero attached hydrogens (tertiary/aromatic N) is 2. The van der Waals surface area contributed by atoms with Gasteiger partial charge in [-0.1, -0.05) is 13.0 Å². The molecule has 1 fully saturated rings. The summed E-state index contributed by atoms with van der Waals surface area (Å²) in [5.74, 6) is 0.861. The van der Waals surface area contributed by atoms with Gasteiger partial charge in [-0.15, -0.1) is 0 Å². The summed E-state index contributed by atoms with van der Waals surface area (Å²) in [5.41, 5.74) is 2.33. The van der Waals surface area contributed by atoms with Gasteiger partial charge in [0.15, 0.2) is 0 Å². The third-order valence-corrected chi connectivity index (χ3v) is 2.84. The third kappa shape index (κ3) is 2.32. The Morgan fingerprint density at radius 2 is 2.36 bits per heavy atom. The third-order valence-electron chi connectivity index (χ3n) is 2.84. The van der Waals surface area contributed by atoms with E-state index < -0.39 is 0 Å². The summed E-state index contributed by atoms with van der Waals surface area (Å²) < 4.78 is 0. The molecule has 0 aliphatic carbocycles. The summed E-state index contributed by atoms with van der Waals surface area (Å²) in [6.07, 6.45) is 1.34. The van der Waals surface area contributed by atoms with Gasteiger partial charge in [0.2, 0.25) is 0 Å². The van der Waals surface area contributed by atoms with Crippen molar-refractivity contribution in [3.8, 4) is 0 Å². The largest absolute Gasteiger partial charge is 0.297 e. The summed E-state index contributed by atoms with van der Waals surface area (Å²) in [5, 5.41) is 0. The van der Waals surface area contributed by atoms with Crippen LogP contribution in [-0.2, 0) is 6.54 Å². The molecule has 1 atom stereocenters. The molecule has 1 aliphatic heterocycles. The lowest BCUT2D eigenvalue weighted by atomic mass is 10.2. The zero-order valence-corrected chi connectivity index (χ0v) is 9.03. The van der Waals surface area contributed by atoms with E-state index in [4.69, 9.17) is 0 Å². The Morgan fingerprint density at radius 1 is 1.50 bits per heavy atom. The molecule has 1 aromatic rings. The van der Waals surface area contributed by atoms with Gasteiger partial charge in [-0.25, -0.2) is 0 Å². The molecule has 0 bridgehead atoms. The Labute approximate surface area is 86.0 Å². The molecule has 1 aromatic heterocycles. The second-order valence-electron chi connectivity index (χ2n) is 4.40. The Kier molecular flexibility index (Phi) is 2.82. The van der Waals surface area contributed by atoms with Crippen molar-refractivity contribution in [2.45, 2.75) is 26.8 Å². The number of aryl methyl sites for hydroxylation is 1. The number of rotatable bonds is 2. The molecule has 0 amide bonds. The summed E-state index contributed by atoms with van der Waals surface area (Å²) in [4.78, 5) is 7.01. The average Bonchev–Trinajstić information content (AvgIpc) is 2.51. The molecular weight excluding hydrogens is 172 g/mol. The fraction of sp³-hybridized carbons (Fsp3) is 0.583. The predicted molar refractivity (Wildman–Crippen MR) is 58.0 cm³/mol. The second-order valence-corrected chi connectivity index (χ2v) is 4.40. The summed E-state index contributed by atoms with van der Waals surface area (Å²) in [6.45, 7) is 7.86. The topological polar surface area (TPSA) is 16.1 Å². The monoisotopic (exact) mass is 190 g/mol. The van der Waals surface area contributed by atoms with Crippen molar-refractivity contribution in [2.75, 3.05) is 13.1 Å². The molecule has 76 valence electrons. The molecule has 14 heavy (non-hydrogen) atoms. The van der Waals surface area contributed by atoms with Crippen LogP contribution in [-0.4, -0.2) is 23.0 Å². The standard InChI is InChI=1S/C12H18N2/c1-10-6-7-14(8-10)9-12-5-3-4-11(2)13-12/h3-5,10H,6-9H2,1-2H3. The van der Waals surface area contributed by atoms with Crippen LogP contribution >= 0.6 is 0 Å². The van der Waals surface area contributed by atoms with Crippen molar-refractivity contribution in [3.63, 3.8) is 0 Å². The van der Waals surface area contributed by atoms with E-state index in [2.05, 4.69) is 41.9 Å². The molecule has 1 unspecified atom stereocenters. The quantitative estimate of drug-likeness (QED) is 0.711. The fourth-order valence-corrected chi connectivity index (χ4v) is 2.09. The Balaban J connectivity index is 1.97. The maximum absolute atomic E-state index is 4.52. The number of pyridine rings is 1. The van der Waals surface area contributed by atoms with Gasteiger partial charge in [0, 0.05) is 18.8 Å². The van der Waals surface area contributed by atoms with E-state index in [1.165, 1.54) is 25.2 Å². The molecule has 0 saturated carbocycles. The van der Waals surface area contributed by atoms with Crippen LogP contribution in [0.2, 0.25) is 0 Å². The van der Waals surface area contributed by atoms with Gasteiger partial charge in [-0.2, -0.15) is 0 Å². The van der Waals surface area contributed by atoms with Crippen molar-refractivity contribution in [3.05, 3.63) is 29.6 Å². The Hall–Kier alpha value is -0.890. The summed E-state index contributed by atoms with van der Waals surface area (Å²) in [7, 11) is 0. The van der Waals surface area contributed by atoms with Gasteiger partial charge in [0.25, 0.3) is 0 Å². The first-order valence-electron chi connectivity index (χ1n) is 5.39. The van der Waals surface area contributed by atoms with Crippen molar-refractivity contribution >= 4 is 0 Å². The van der Waals surface area contributed by atoms with Crippen LogP contribution in [0.25, 0.3) is 0 Å². The first-order chi connectivity index (χ1) is 6.74. The number of likely N-dealkylation sites (tertiary alicyclic amines) is 1. The van der Waals surface area contributed by atoms with E-state index in [1.54, 1.807) is 0 Å². The van der Waals surface area contributed by atoms with E-state index in [1.807, 2.05) is 0 Å². The van der Waals surface area contributed by atoms with Crippen molar-refractivity contribution < 1.29 is 0 Å². The van der Waals surface area contributed by atoms with Crippen LogP contribution in [0.15, 0.2) is 18.2 Å². The van der Waals surface area contributed by atoms with Gasteiger partial charge >= 0.3 is 0 Å². The molecule has 2 nitrogen and oxygen atoms in total. The summed E-state index contributed by atoms with van der Waals surface area (Å²) in [6, 6.07) is 6.27. The predicted octanol–water partition coefficient (Wildman–Crippen LogP) is 2.23. The highest BCUT2D eigenvalue weighted by Crippen LogP contribution is 2.16. The molecule has 0 aromatic carbocycles. The van der Waals surface area contributed by atoms with Crippen LogP contribution in [0.3, 0.4) is 0 Å². The molecule has 0 spiro atoms. The van der Waals surface area contributed by atoms with E-state index in [9.17, 15) is 0 Å². The zero-order chi connectivity index (χ0) is 9.97. The van der Waals surface area contributed by atoms with E-state index in [0.717, 1.165) is 18.2 Å². The van der Waals surface area contributed by atoms with Crippen LogP contribution in [0.1, 0.15) is 24.7 Å². The first kappa shape index (κ1) is 9.66. The van der Waals surface area contributed by atoms with Crippen LogP contribution in [0.4, 0.5) is 0 Å². The molecule has 1 aliphatic rings. The van der Waals surface area contributed by atoms with Crippen LogP contribution < -0.4 is 0 Å². The Morgan fingerprint density at radius 3 is 3.00 bits per heavy atom. The SMILES string of the molecule is Cc1cccc(CN2CCC(C)C2)n1. The van der Waals surface area contributed by atoms with Gasteiger partial charge in [-0.3, -0.25) is 9.88 Å². The number of hydrogen-bond donors (Lipinski definition) is 0. The fourth-order valence-electron chi connectivity index (χ4n) is 2.09.